The van der Waals surface area contributed by atoms with E-state index in [1.54, 1.807) is 18.5 Å². The molecule has 0 spiro atoms. The average molecular weight is 453 g/mol. The number of carboxylic acid groups (broad SMARTS) is 1. The van der Waals surface area contributed by atoms with Gasteiger partial charge in [0.1, 0.15) is 6.10 Å². The average Bonchev–Trinajstić information content (AvgIpc) is 3.37. The Labute approximate surface area is 168 Å². The molecule has 0 bridgehead atoms. The van der Waals surface area contributed by atoms with Gasteiger partial charge in [0.15, 0.2) is 10.9 Å². The second-order valence-electron chi connectivity index (χ2n) is 6.84. The number of alkyl halides is 3. The molecule has 30 heavy (non-hydrogen) atoms. The van der Waals surface area contributed by atoms with Gasteiger partial charge in [0.05, 0.1) is 12.4 Å². The second-order valence-corrected chi connectivity index (χ2v) is 8.73. The Balaban J connectivity index is 0.000000318. The molecule has 0 saturated carbocycles. The molecule has 3 atom stereocenters. The number of ether oxygens (including phenoxy) is 1. The van der Waals surface area contributed by atoms with E-state index in [0.29, 0.717) is 31.2 Å². The van der Waals surface area contributed by atoms with Crippen LogP contribution in [0.25, 0.3) is 0 Å². The molecule has 0 aliphatic carbocycles. The molecular formula is C15H18F3N5O6S. The lowest BCUT2D eigenvalue weighted by atomic mass is 10.0. The Morgan fingerprint density at radius 2 is 2.00 bits per heavy atom. The van der Waals surface area contributed by atoms with Crippen molar-refractivity contribution in [2.75, 3.05) is 13.1 Å². The van der Waals surface area contributed by atoms with Gasteiger partial charge in [-0.3, -0.25) is 0 Å². The van der Waals surface area contributed by atoms with Crippen LogP contribution in [0.15, 0.2) is 22.1 Å². The zero-order valence-corrected chi connectivity index (χ0v) is 16.6. The van der Waals surface area contributed by atoms with Gasteiger partial charge in [-0.2, -0.15) is 22.5 Å². The van der Waals surface area contributed by atoms with Gasteiger partial charge < -0.3 is 18.9 Å². The summed E-state index contributed by atoms with van der Waals surface area (Å²) in [6.07, 6.45) is -1.81. The molecule has 0 amide bonds. The van der Waals surface area contributed by atoms with Gasteiger partial charge in [-0.15, -0.1) is 0 Å². The first-order valence-electron chi connectivity index (χ1n) is 8.62. The van der Waals surface area contributed by atoms with Crippen molar-refractivity contribution in [3.8, 4) is 0 Å². The molecular weight excluding hydrogens is 435 g/mol. The standard InChI is InChI=1S/C13H17N5O4S.C2HF3O2/c1-8-15-13(22-16-8)10-3-9-4-18(5-11(9)21-10)23(19,20)12-6-17(2)7-14-12;3-2(4,5)1(6)7/h6-7,9-11H,3-5H2,1-2H3;(H,6,7)/t9-,10-,11+;/m0./s1. The minimum atomic E-state index is -5.08. The van der Waals surface area contributed by atoms with E-state index in [4.69, 9.17) is 19.2 Å². The van der Waals surface area contributed by atoms with Crippen LogP contribution in [0.2, 0.25) is 0 Å². The maximum Gasteiger partial charge on any atom is 0.490 e. The van der Waals surface area contributed by atoms with Gasteiger partial charge in [0.2, 0.25) is 0 Å². The van der Waals surface area contributed by atoms with Crippen LogP contribution >= 0.6 is 0 Å². The number of aryl methyl sites for hydroxylation is 2. The van der Waals surface area contributed by atoms with E-state index in [1.165, 1.54) is 16.8 Å². The second kappa shape index (κ2) is 7.96. The zero-order chi connectivity index (χ0) is 22.3. The van der Waals surface area contributed by atoms with Crippen molar-refractivity contribution < 1.29 is 40.8 Å². The molecule has 2 aliphatic rings. The predicted octanol–water partition coefficient (Wildman–Crippen LogP) is 0.896. The van der Waals surface area contributed by atoms with Crippen molar-refractivity contribution >= 4 is 16.0 Å². The van der Waals surface area contributed by atoms with Crippen LogP contribution in [-0.2, 0) is 26.6 Å². The largest absolute Gasteiger partial charge is 0.490 e. The van der Waals surface area contributed by atoms with Gasteiger partial charge in [-0.25, -0.2) is 18.2 Å². The summed E-state index contributed by atoms with van der Waals surface area (Å²) < 4.78 is 71.0. The minimum Gasteiger partial charge on any atom is -0.475 e. The summed E-state index contributed by atoms with van der Waals surface area (Å²) in [5, 5.41) is 11.0. The number of carbonyl (C=O) groups is 1. The number of carboxylic acids is 1. The van der Waals surface area contributed by atoms with Crippen molar-refractivity contribution in [2.45, 2.75) is 36.8 Å². The molecule has 2 saturated heterocycles. The van der Waals surface area contributed by atoms with Crippen molar-refractivity contribution in [1.82, 2.24) is 24.0 Å². The van der Waals surface area contributed by atoms with Crippen LogP contribution < -0.4 is 0 Å². The summed E-state index contributed by atoms with van der Waals surface area (Å²) in [4.78, 5) is 17.0. The molecule has 0 aromatic carbocycles. The summed E-state index contributed by atoms with van der Waals surface area (Å²) in [7, 11) is -1.83. The Bertz CT molecular complexity index is 1010. The van der Waals surface area contributed by atoms with Crippen LogP contribution in [-0.4, -0.2) is 68.9 Å². The third-order valence-electron chi connectivity index (χ3n) is 4.55. The monoisotopic (exact) mass is 453 g/mol. The topological polar surface area (TPSA) is 141 Å². The number of imidazole rings is 1. The first-order chi connectivity index (χ1) is 13.9. The van der Waals surface area contributed by atoms with Crippen LogP contribution in [0.5, 0.6) is 0 Å². The number of halogens is 3. The minimum absolute atomic E-state index is 0.0732. The summed E-state index contributed by atoms with van der Waals surface area (Å²) in [5.74, 6) is -1.59. The first-order valence-corrected chi connectivity index (χ1v) is 10.1. The lowest BCUT2D eigenvalue weighted by Gasteiger charge is -2.16. The van der Waals surface area contributed by atoms with Crippen molar-refractivity contribution in [2.24, 2.45) is 13.0 Å². The lowest BCUT2D eigenvalue weighted by Crippen LogP contribution is -2.31. The van der Waals surface area contributed by atoms with Crippen LogP contribution in [0.1, 0.15) is 24.2 Å². The molecule has 2 fully saturated rings. The van der Waals surface area contributed by atoms with E-state index in [1.807, 2.05) is 0 Å². The number of nitrogens with zero attached hydrogens (tertiary/aromatic N) is 5. The maximum atomic E-state index is 12.6. The molecule has 0 unspecified atom stereocenters. The summed E-state index contributed by atoms with van der Waals surface area (Å²) in [6.45, 7) is 2.50. The van der Waals surface area contributed by atoms with Gasteiger partial charge in [-0.05, 0) is 13.3 Å². The molecule has 0 radical (unpaired) electrons. The van der Waals surface area contributed by atoms with E-state index >= 15 is 0 Å². The smallest absolute Gasteiger partial charge is 0.475 e. The Hall–Kier alpha value is -2.52. The van der Waals surface area contributed by atoms with Gasteiger partial charge in [-0.1, -0.05) is 5.16 Å². The van der Waals surface area contributed by atoms with Crippen molar-refractivity contribution in [1.29, 1.82) is 0 Å². The fraction of sp³-hybridized carbons (Fsp3) is 0.600. The number of aromatic nitrogens is 4. The molecule has 2 aromatic rings. The van der Waals surface area contributed by atoms with Crippen molar-refractivity contribution in [3.05, 3.63) is 24.2 Å². The predicted molar refractivity (Wildman–Crippen MR) is 90.4 cm³/mol. The maximum absolute atomic E-state index is 12.6. The Morgan fingerprint density at radius 3 is 2.47 bits per heavy atom. The third kappa shape index (κ3) is 4.62. The fourth-order valence-corrected chi connectivity index (χ4v) is 4.65. The SMILES string of the molecule is Cc1noc([C@@H]2C[C@H]3CN(S(=O)(=O)c4cn(C)cn4)C[C@H]3O2)n1.O=C(O)C(F)(F)F. The van der Waals surface area contributed by atoms with Crippen molar-refractivity contribution in [3.63, 3.8) is 0 Å². The third-order valence-corrected chi connectivity index (χ3v) is 6.27. The highest BCUT2D eigenvalue weighted by atomic mass is 32.2. The van der Waals surface area contributed by atoms with E-state index < -0.39 is 22.2 Å². The molecule has 2 aliphatic heterocycles. The van der Waals surface area contributed by atoms with Gasteiger partial charge in [0, 0.05) is 32.3 Å². The van der Waals surface area contributed by atoms with Crippen LogP contribution in [0.3, 0.4) is 0 Å². The molecule has 4 rings (SSSR count). The number of aliphatic carboxylic acids is 1. The summed E-state index contributed by atoms with van der Waals surface area (Å²) in [6, 6.07) is 0. The number of hydrogen-bond acceptors (Lipinski definition) is 8. The lowest BCUT2D eigenvalue weighted by molar-refractivity contribution is -0.192. The normalized spacial score (nSPS) is 24.4. The number of hydrogen-bond donors (Lipinski definition) is 1. The summed E-state index contributed by atoms with van der Waals surface area (Å²) >= 11 is 0. The zero-order valence-electron chi connectivity index (χ0n) is 15.8. The Morgan fingerprint density at radius 1 is 1.33 bits per heavy atom. The highest BCUT2D eigenvalue weighted by molar-refractivity contribution is 7.89. The number of fused-ring (bicyclic) bond motifs is 1. The van der Waals surface area contributed by atoms with E-state index in [2.05, 4.69) is 15.1 Å². The first kappa shape index (κ1) is 22.2. The molecule has 2 aromatic heterocycles. The van der Waals surface area contributed by atoms with Gasteiger partial charge >= 0.3 is 12.1 Å². The number of sulfonamides is 1. The quantitative estimate of drug-likeness (QED) is 0.717. The van der Waals surface area contributed by atoms with Crippen LogP contribution in [0.4, 0.5) is 13.2 Å². The molecule has 15 heteroatoms. The molecule has 4 heterocycles. The molecule has 11 nitrogen and oxygen atoms in total. The van der Waals surface area contributed by atoms with Gasteiger partial charge in [0.25, 0.3) is 15.9 Å². The van der Waals surface area contributed by atoms with E-state index in [9.17, 15) is 21.6 Å². The molecule has 166 valence electrons. The highest BCUT2D eigenvalue weighted by Gasteiger charge is 2.48. The molecule has 1 N–H and O–H groups in total. The van der Waals surface area contributed by atoms with E-state index in [0.717, 1.165) is 0 Å². The fourth-order valence-electron chi connectivity index (χ4n) is 3.18. The van der Waals surface area contributed by atoms with E-state index in [-0.39, 0.29) is 23.2 Å². The Kier molecular flexibility index (Phi) is 5.88. The summed E-state index contributed by atoms with van der Waals surface area (Å²) in [5.41, 5.74) is 0. The highest BCUT2D eigenvalue weighted by Crippen LogP contribution is 2.41. The van der Waals surface area contributed by atoms with Crippen LogP contribution in [0, 0.1) is 12.8 Å². The number of rotatable bonds is 3.